The van der Waals surface area contributed by atoms with Crippen molar-refractivity contribution < 1.29 is 13.9 Å². The quantitative estimate of drug-likeness (QED) is 0.606. The summed E-state index contributed by atoms with van der Waals surface area (Å²) in [6.45, 7) is 3.16. The predicted molar refractivity (Wildman–Crippen MR) is 113 cm³/mol. The summed E-state index contributed by atoms with van der Waals surface area (Å²) in [5.41, 5.74) is 1.42. The SMILES string of the molecule is N#Cc1ccccc1OCc1ccc(C(=O)Nc2nc(CN3CCCCC3)cs2)o1. The summed E-state index contributed by atoms with van der Waals surface area (Å²) in [4.78, 5) is 19.4. The van der Waals surface area contributed by atoms with Crippen LogP contribution in [0.25, 0.3) is 0 Å². The van der Waals surface area contributed by atoms with Gasteiger partial charge < -0.3 is 9.15 Å². The summed E-state index contributed by atoms with van der Waals surface area (Å²) < 4.78 is 11.2. The fraction of sp³-hybridized carbons (Fsp3) is 0.318. The fourth-order valence-corrected chi connectivity index (χ4v) is 4.05. The molecule has 7 nitrogen and oxygen atoms in total. The Hall–Kier alpha value is -3.15. The number of benzene rings is 1. The Morgan fingerprint density at radius 1 is 1.23 bits per heavy atom. The predicted octanol–water partition coefficient (Wildman–Crippen LogP) is 4.42. The monoisotopic (exact) mass is 422 g/mol. The number of anilines is 1. The Balaban J connectivity index is 1.31. The summed E-state index contributed by atoms with van der Waals surface area (Å²) in [5, 5.41) is 14.4. The molecule has 2 aromatic heterocycles. The number of hydrogen-bond acceptors (Lipinski definition) is 7. The lowest BCUT2D eigenvalue weighted by atomic mass is 10.1. The van der Waals surface area contributed by atoms with Crippen LogP contribution in [0.2, 0.25) is 0 Å². The van der Waals surface area contributed by atoms with Gasteiger partial charge in [0.1, 0.15) is 24.2 Å². The molecule has 1 saturated heterocycles. The molecule has 4 rings (SSSR count). The summed E-state index contributed by atoms with van der Waals surface area (Å²) in [6.07, 6.45) is 3.77. The minimum Gasteiger partial charge on any atom is -0.484 e. The molecule has 154 valence electrons. The molecule has 0 aliphatic carbocycles. The van der Waals surface area contributed by atoms with E-state index in [0.717, 1.165) is 25.3 Å². The van der Waals surface area contributed by atoms with E-state index in [4.69, 9.17) is 14.4 Å². The van der Waals surface area contributed by atoms with E-state index in [-0.39, 0.29) is 18.3 Å². The topological polar surface area (TPSA) is 91.4 Å². The van der Waals surface area contributed by atoms with Crippen molar-refractivity contribution in [1.82, 2.24) is 9.88 Å². The summed E-state index contributed by atoms with van der Waals surface area (Å²) in [6, 6.07) is 12.4. The minimum atomic E-state index is -0.349. The summed E-state index contributed by atoms with van der Waals surface area (Å²) in [7, 11) is 0. The number of thiazole rings is 1. The number of furan rings is 1. The van der Waals surface area contributed by atoms with Crippen LogP contribution in [0, 0.1) is 11.3 Å². The number of nitrogens with one attached hydrogen (secondary N) is 1. The van der Waals surface area contributed by atoms with Crippen molar-refractivity contribution in [2.75, 3.05) is 18.4 Å². The van der Waals surface area contributed by atoms with Gasteiger partial charge in [-0.15, -0.1) is 11.3 Å². The highest BCUT2D eigenvalue weighted by molar-refractivity contribution is 7.13. The number of ether oxygens (including phenoxy) is 1. The van der Waals surface area contributed by atoms with Crippen LogP contribution in [0.5, 0.6) is 5.75 Å². The number of likely N-dealkylation sites (tertiary alicyclic amines) is 1. The largest absolute Gasteiger partial charge is 0.484 e. The number of rotatable bonds is 7. The number of nitrogens with zero attached hydrogens (tertiary/aromatic N) is 3. The lowest BCUT2D eigenvalue weighted by Gasteiger charge is -2.25. The second-order valence-electron chi connectivity index (χ2n) is 7.10. The number of nitriles is 1. The molecule has 0 saturated carbocycles. The maximum absolute atomic E-state index is 12.5. The molecular weight excluding hydrogens is 400 g/mol. The lowest BCUT2D eigenvalue weighted by molar-refractivity contribution is 0.0992. The van der Waals surface area contributed by atoms with E-state index in [9.17, 15) is 4.79 Å². The van der Waals surface area contributed by atoms with Crippen LogP contribution in [0.3, 0.4) is 0 Å². The first-order valence-electron chi connectivity index (χ1n) is 9.90. The maximum atomic E-state index is 12.5. The molecule has 3 aromatic rings. The van der Waals surface area contributed by atoms with Crippen molar-refractivity contribution >= 4 is 22.4 Å². The van der Waals surface area contributed by atoms with Gasteiger partial charge in [-0.1, -0.05) is 18.6 Å². The summed E-state index contributed by atoms with van der Waals surface area (Å²) >= 11 is 1.41. The molecule has 1 amide bonds. The van der Waals surface area contributed by atoms with Crippen LogP contribution >= 0.6 is 11.3 Å². The van der Waals surface area contributed by atoms with Gasteiger partial charge >= 0.3 is 0 Å². The third kappa shape index (κ3) is 5.06. The molecule has 1 aliphatic heterocycles. The number of carbonyl (C=O) groups excluding carboxylic acids is 1. The van der Waals surface area contributed by atoms with E-state index in [1.807, 2.05) is 5.38 Å². The second kappa shape index (κ2) is 9.57. The van der Waals surface area contributed by atoms with E-state index in [0.29, 0.717) is 22.2 Å². The normalized spacial score (nSPS) is 14.2. The smallest absolute Gasteiger partial charge is 0.293 e. The second-order valence-corrected chi connectivity index (χ2v) is 7.96. The molecule has 0 radical (unpaired) electrons. The van der Waals surface area contributed by atoms with Gasteiger partial charge in [-0.2, -0.15) is 5.26 Å². The standard InChI is InChI=1S/C22H22N4O3S/c23-12-16-6-2-3-7-19(16)28-14-18-8-9-20(29-18)21(27)25-22-24-17(15-30-22)13-26-10-4-1-5-11-26/h2-3,6-9,15H,1,4-5,10-11,13-14H2,(H,24,25,27). The molecule has 1 fully saturated rings. The molecule has 30 heavy (non-hydrogen) atoms. The molecule has 0 unspecified atom stereocenters. The number of piperidine rings is 1. The van der Waals surface area contributed by atoms with Crippen LogP contribution in [-0.4, -0.2) is 28.9 Å². The zero-order chi connectivity index (χ0) is 20.8. The van der Waals surface area contributed by atoms with Crippen molar-refractivity contribution in [1.29, 1.82) is 5.26 Å². The zero-order valence-corrected chi connectivity index (χ0v) is 17.3. The highest BCUT2D eigenvalue weighted by Gasteiger charge is 2.16. The molecule has 8 heteroatoms. The molecule has 0 spiro atoms. The first kappa shape index (κ1) is 20.1. The molecule has 1 aliphatic rings. The van der Waals surface area contributed by atoms with Crippen molar-refractivity contribution in [3.05, 3.63) is 64.6 Å². The highest BCUT2D eigenvalue weighted by Crippen LogP contribution is 2.21. The third-order valence-electron chi connectivity index (χ3n) is 4.87. The van der Waals surface area contributed by atoms with E-state index >= 15 is 0 Å². The van der Waals surface area contributed by atoms with Crippen LogP contribution < -0.4 is 10.1 Å². The molecular formula is C22H22N4O3S. The van der Waals surface area contributed by atoms with Gasteiger partial charge in [-0.05, 0) is 50.2 Å². The Labute approximate surface area is 178 Å². The zero-order valence-electron chi connectivity index (χ0n) is 16.5. The average molecular weight is 423 g/mol. The van der Waals surface area contributed by atoms with Gasteiger partial charge in [0.2, 0.25) is 0 Å². The third-order valence-corrected chi connectivity index (χ3v) is 5.68. The molecule has 0 atom stereocenters. The van der Waals surface area contributed by atoms with Crippen molar-refractivity contribution in [2.24, 2.45) is 0 Å². The van der Waals surface area contributed by atoms with Gasteiger partial charge in [-0.25, -0.2) is 4.98 Å². The molecule has 0 bridgehead atoms. The van der Waals surface area contributed by atoms with Crippen molar-refractivity contribution in [3.8, 4) is 11.8 Å². The number of aromatic nitrogens is 1. The number of amides is 1. The van der Waals surface area contributed by atoms with E-state index < -0.39 is 0 Å². The van der Waals surface area contributed by atoms with E-state index in [2.05, 4.69) is 21.3 Å². The van der Waals surface area contributed by atoms with Crippen molar-refractivity contribution in [2.45, 2.75) is 32.4 Å². The van der Waals surface area contributed by atoms with Gasteiger partial charge in [-0.3, -0.25) is 15.0 Å². The molecule has 1 aromatic carbocycles. The van der Waals surface area contributed by atoms with E-state index in [1.54, 1.807) is 36.4 Å². The lowest BCUT2D eigenvalue weighted by Crippen LogP contribution is -2.29. The Kier molecular flexibility index (Phi) is 6.42. The number of hydrogen-bond donors (Lipinski definition) is 1. The first-order chi connectivity index (χ1) is 14.7. The average Bonchev–Trinajstić information content (AvgIpc) is 3.43. The number of para-hydroxylation sites is 1. The van der Waals surface area contributed by atoms with Crippen LogP contribution in [0.1, 0.15) is 46.8 Å². The summed E-state index contributed by atoms with van der Waals surface area (Å²) in [5.74, 6) is 0.816. The molecule has 3 heterocycles. The van der Waals surface area contributed by atoms with Gasteiger partial charge in [0.05, 0.1) is 11.3 Å². The first-order valence-corrected chi connectivity index (χ1v) is 10.8. The molecule has 1 N–H and O–H groups in total. The Morgan fingerprint density at radius 3 is 2.90 bits per heavy atom. The Morgan fingerprint density at radius 2 is 2.07 bits per heavy atom. The van der Waals surface area contributed by atoms with Gasteiger partial charge in [0.15, 0.2) is 10.9 Å². The van der Waals surface area contributed by atoms with E-state index in [1.165, 1.54) is 30.6 Å². The highest BCUT2D eigenvalue weighted by atomic mass is 32.1. The maximum Gasteiger partial charge on any atom is 0.293 e. The van der Waals surface area contributed by atoms with Crippen molar-refractivity contribution in [3.63, 3.8) is 0 Å². The number of carbonyl (C=O) groups is 1. The van der Waals surface area contributed by atoms with Gasteiger partial charge in [0.25, 0.3) is 5.91 Å². The van der Waals surface area contributed by atoms with Crippen LogP contribution in [-0.2, 0) is 13.2 Å². The van der Waals surface area contributed by atoms with Gasteiger partial charge in [0, 0.05) is 11.9 Å². The van der Waals surface area contributed by atoms with Crippen LogP contribution in [0.4, 0.5) is 5.13 Å². The fourth-order valence-electron chi connectivity index (χ4n) is 3.35. The Bertz CT molecular complexity index is 1050. The minimum absolute atomic E-state index is 0.128. The van der Waals surface area contributed by atoms with Crippen LogP contribution in [0.15, 0.2) is 46.2 Å².